The highest BCUT2D eigenvalue weighted by Crippen LogP contribution is 2.31. The van der Waals surface area contributed by atoms with Crippen LogP contribution in [-0.2, 0) is 9.59 Å². The highest BCUT2D eigenvalue weighted by molar-refractivity contribution is 5.90. The van der Waals surface area contributed by atoms with E-state index < -0.39 is 23.7 Å². The van der Waals surface area contributed by atoms with Crippen molar-refractivity contribution in [2.45, 2.75) is 45.6 Å². The Morgan fingerprint density at radius 2 is 1.94 bits per heavy atom. The largest absolute Gasteiger partial charge is 0.379 e. The van der Waals surface area contributed by atoms with Crippen LogP contribution in [0.25, 0.3) is 11.1 Å². The molecular formula is C26H28FN3O4. The third-order valence-corrected chi connectivity index (χ3v) is 6.02. The number of benzene rings is 2. The fourth-order valence-corrected chi connectivity index (χ4v) is 4.34. The van der Waals surface area contributed by atoms with Crippen molar-refractivity contribution in [3.8, 4) is 16.9 Å². The summed E-state index contributed by atoms with van der Waals surface area (Å²) in [5.74, 6) is -0.997. The van der Waals surface area contributed by atoms with Gasteiger partial charge in [0.25, 0.3) is 5.91 Å². The minimum atomic E-state index is -0.675. The number of hydroxylamine groups is 1. The van der Waals surface area contributed by atoms with Crippen LogP contribution in [0.2, 0.25) is 0 Å². The number of carbonyl (C=O) groups excluding carboxylic acids is 2. The summed E-state index contributed by atoms with van der Waals surface area (Å²) >= 11 is 0. The van der Waals surface area contributed by atoms with Crippen LogP contribution >= 0.6 is 0 Å². The maximum atomic E-state index is 14.6. The molecule has 0 bridgehead atoms. The Labute approximate surface area is 197 Å². The molecule has 2 atom stereocenters. The molecule has 0 radical (unpaired) electrons. The van der Waals surface area contributed by atoms with E-state index in [1.54, 1.807) is 30.0 Å². The fourth-order valence-electron chi connectivity index (χ4n) is 4.34. The Balaban J connectivity index is 1.42. The first kappa shape index (κ1) is 23.5. The number of carbonyl (C=O) groups is 2. The summed E-state index contributed by atoms with van der Waals surface area (Å²) in [6.45, 7) is 6.13. The second-order valence-corrected chi connectivity index (χ2v) is 8.86. The summed E-state index contributed by atoms with van der Waals surface area (Å²) in [4.78, 5) is 33.2. The maximum Gasteiger partial charge on any atom is 0.275 e. The molecule has 7 nitrogen and oxygen atoms in total. The maximum absolute atomic E-state index is 14.6. The lowest BCUT2D eigenvalue weighted by Gasteiger charge is -2.28. The summed E-state index contributed by atoms with van der Waals surface area (Å²) in [6.07, 6.45) is 1.22. The standard InChI is InChI=1S/C26H28FN3O4/c1-16(2)24(23-14-17(3)28-34-23)26(32)30-13-7-10-22(30)25(31)29-33-19-11-12-20(21(27)15-19)18-8-5-4-6-9-18/h4-6,8-9,11-12,14-16,22,24H,7,10,13H2,1-3H3,(H,29,31). The van der Waals surface area contributed by atoms with E-state index in [9.17, 15) is 14.0 Å². The lowest BCUT2D eigenvalue weighted by molar-refractivity contribution is -0.143. The molecule has 4 rings (SSSR count). The monoisotopic (exact) mass is 465 g/mol. The van der Waals surface area contributed by atoms with Crippen molar-refractivity contribution in [2.24, 2.45) is 5.92 Å². The lowest BCUT2D eigenvalue weighted by atomic mass is 9.91. The van der Waals surface area contributed by atoms with Gasteiger partial charge in [-0.05, 0) is 43.4 Å². The molecule has 1 aliphatic rings. The van der Waals surface area contributed by atoms with Crippen LogP contribution in [0.4, 0.5) is 4.39 Å². The molecule has 1 saturated heterocycles. The van der Waals surface area contributed by atoms with Crippen molar-refractivity contribution in [1.29, 1.82) is 0 Å². The van der Waals surface area contributed by atoms with E-state index in [1.807, 2.05) is 44.2 Å². The van der Waals surface area contributed by atoms with Crippen molar-refractivity contribution < 1.29 is 23.3 Å². The summed E-state index contributed by atoms with van der Waals surface area (Å²) in [5, 5.41) is 3.90. The lowest BCUT2D eigenvalue weighted by Crippen LogP contribution is -2.48. The van der Waals surface area contributed by atoms with Gasteiger partial charge in [-0.1, -0.05) is 49.3 Å². The zero-order valence-electron chi connectivity index (χ0n) is 19.5. The van der Waals surface area contributed by atoms with Crippen LogP contribution in [-0.4, -0.2) is 34.5 Å². The topological polar surface area (TPSA) is 84.7 Å². The SMILES string of the molecule is Cc1cc(C(C(=O)N2CCCC2C(=O)NOc2ccc(-c3ccccc3)c(F)c2)C(C)C)on1. The highest BCUT2D eigenvalue weighted by atomic mass is 19.1. The van der Waals surface area contributed by atoms with Crippen molar-refractivity contribution in [1.82, 2.24) is 15.5 Å². The molecule has 8 heteroatoms. The first-order valence-corrected chi connectivity index (χ1v) is 11.4. The molecule has 0 saturated carbocycles. The van der Waals surface area contributed by atoms with Gasteiger partial charge in [-0.15, -0.1) is 0 Å². The number of likely N-dealkylation sites (tertiary alicyclic amines) is 1. The van der Waals surface area contributed by atoms with Crippen LogP contribution < -0.4 is 10.3 Å². The Morgan fingerprint density at radius 3 is 2.59 bits per heavy atom. The van der Waals surface area contributed by atoms with E-state index in [0.717, 1.165) is 5.56 Å². The number of aromatic nitrogens is 1. The minimum absolute atomic E-state index is 0.0356. The van der Waals surface area contributed by atoms with Crippen LogP contribution in [0.5, 0.6) is 5.75 Å². The van der Waals surface area contributed by atoms with E-state index in [1.165, 1.54) is 6.07 Å². The number of hydrogen-bond acceptors (Lipinski definition) is 5. The number of nitrogens with zero attached hydrogens (tertiary/aromatic N) is 2. The molecule has 2 unspecified atom stereocenters. The van der Waals surface area contributed by atoms with Gasteiger partial charge < -0.3 is 14.3 Å². The van der Waals surface area contributed by atoms with Crippen molar-refractivity contribution in [3.05, 3.63) is 71.9 Å². The number of nitrogens with one attached hydrogen (secondary N) is 1. The predicted molar refractivity (Wildman–Crippen MR) is 124 cm³/mol. The van der Waals surface area contributed by atoms with Gasteiger partial charge in [-0.2, -0.15) is 5.48 Å². The molecule has 1 fully saturated rings. The highest BCUT2D eigenvalue weighted by Gasteiger charge is 2.40. The first-order chi connectivity index (χ1) is 16.3. The molecule has 2 heterocycles. The van der Waals surface area contributed by atoms with Gasteiger partial charge >= 0.3 is 0 Å². The van der Waals surface area contributed by atoms with E-state index >= 15 is 0 Å². The van der Waals surface area contributed by atoms with Crippen molar-refractivity contribution in [2.75, 3.05) is 6.54 Å². The summed E-state index contributed by atoms with van der Waals surface area (Å²) < 4.78 is 20.0. The van der Waals surface area contributed by atoms with Gasteiger partial charge in [0.1, 0.15) is 23.5 Å². The zero-order valence-corrected chi connectivity index (χ0v) is 19.5. The molecule has 0 spiro atoms. The minimum Gasteiger partial charge on any atom is -0.379 e. The third kappa shape index (κ3) is 4.95. The number of amides is 2. The van der Waals surface area contributed by atoms with Gasteiger partial charge in [0.15, 0.2) is 5.75 Å². The molecule has 2 aromatic carbocycles. The third-order valence-electron chi connectivity index (χ3n) is 6.02. The zero-order chi connectivity index (χ0) is 24.2. The van der Waals surface area contributed by atoms with Crippen molar-refractivity contribution >= 4 is 11.8 Å². The van der Waals surface area contributed by atoms with E-state index in [-0.39, 0.29) is 17.6 Å². The average molecular weight is 466 g/mol. The van der Waals surface area contributed by atoms with Gasteiger partial charge in [-0.3, -0.25) is 9.59 Å². The van der Waals surface area contributed by atoms with Gasteiger partial charge in [0, 0.05) is 24.2 Å². The molecule has 3 aromatic rings. The van der Waals surface area contributed by atoms with Crippen LogP contribution in [0.1, 0.15) is 44.1 Å². The Bertz CT molecular complexity index is 1160. The molecule has 1 aliphatic heterocycles. The number of halogens is 1. The van der Waals surface area contributed by atoms with E-state index in [4.69, 9.17) is 9.36 Å². The Kier molecular flexibility index (Phi) is 6.95. The van der Waals surface area contributed by atoms with Crippen LogP contribution in [0.15, 0.2) is 59.1 Å². The van der Waals surface area contributed by atoms with Gasteiger partial charge in [-0.25, -0.2) is 4.39 Å². The molecule has 178 valence electrons. The van der Waals surface area contributed by atoms with Gasteiger partial charge in [0.2, 0.25) is 5.91 Å². The number of aryl methyl sites for hydroxylation is 1. The second-order valence-electron chi connectivity index (χ2n) is 8.86. The Morgan fingerprint density at radius 1 is 1.18 bits per heavy atom. The molecule has 2 amide bonds. The Hall–Kier alpha value is -3.68. The molecular weight excluding hydrogens is 437 g/mol. The van der Waals surface area contributed by atoms with Crippen LogP contribution in [0, 0.1) is 18.7 Å². The molecule has 34 heavy (non-hydrogen) atoms. The fraction of sp³-hybridized carbons (Fsp3) is 0.346. The number of hydrogen-bond donors (Lipinski definition) is 1. The van der Waals surface area contributed by atoms with Gasteiger partial charge in [0.05, 0.1) is 5.69 Å². The van der Waals surface area contributed by atoms with E-state index in [0.29, 0.717) is 36.4 Å². The summed E-state index contributed by atoms with van der Waals surface area (Å²) in [6, 6.07) is 14.7. The predicted octanol–water partition coefficient (Wildman–Crippen LogP) is 4.63. The average Bonchev–Trinajstić information content (AvgIpc) is 3.47. The first-order valence-electron chi connectivity index (χ1n) is 11.4. The molecule has 1 aromatic heterocycles. The van der Waals surface area contributed by atoms with E-state index in [2.05, 4.69) is 10.6 Å². The smallest absolute Gasteiger partial charge is 0.275 e. The van der Waals surface area contributed by atoms with Crippen molar-refractivity contribution in [3.63, 3.8) is 0 Å². The van der Waals surface area contributed by atoms with Crippen LogP contribution in [0.3, 0.4) is 0 Å². The number of rotatable bonds is 7. The normalized spacial score (nSPS) is 16.5. The molecule has 1 N–H and O–H groups in total. The summed E-state index contributed by atoms with van der Waals surface area (Å²) in [7, 11) is 0. The molecule has 0 aliphatic carbocycles. The quantitative estimate of drug-likeness (QED) is 0.515. The summed E-state index contributed by atoms with van der Waals surface area (Å²) in [5.41, 5.74) is 4.27. The second kappa shape index (κ2) is 10.1.